The Morgan fingerprint density at radius 2 is 1.89 bits per heavy atom. The van der Waals surface area contributed by atoms with Gasteiger partial charge in [0.05, 0.1) is 5.52 Å². The van der Waals surface area contributed by atoms with Crippen LogP contribution in [0.2, 0.25) is 0 Å². The van der Waals surface area contributed by atoms with Gasteiger partial charge in [0.1, 0.15) is 12.1 Å². The van der Waals surface area contributed by atoms with E-state index in [9.17, 15) is 0 Å². The van der Waals surface area contributed by atoms with Crippen LogP contribution in [0.4, 0.5) is 5.82 Å². The van der Waals surface area contributed by atoms with E-state index >= 15 is 0 Å². The lowest BCUT2D eigenvalue weighted by Gasteiger charge is -2.30. The number of anilines is 1. The van der Waals surface area contributed by atoms with Crippen molar-refractivity contribution in [1.29, 1.82) is 0 Å². The molecule has 0 bridgehead atoms. The zero-order valence-electron chi connectivity index (χ0n) is 16.9. The molecule has 3 heterocycles. The van der Waals surface area contributed by atoms with Gasteiger partial charge in [-0.1, -0.05) is 12.6 Å². The molecule has 1 aliphatic rings. The van der Waals surface area contributed by atoms with Gasteiger partial charge in [-0.15, -0.1) is 0 Å². The Morgan fingerprint density at radius 1 is 1.11 bits per heavy atom. The van der Waals surface area contributed by atoms with E-state index in [0.29, 0.717) is 6.04 Å². The number of aromatic nitrogens is 3. The quantitative estimate of drug-likeness (QED) is 0.742. The third kappa shape index (κ3) is 3.76. The van der Waals surface area contributed by atoms with Crippen LogP contribution in [0.3, 0.4) is 0 Å². The highest BCUT2D eigenvalue weighted by Crippen LogP contribution is 2.29. The van der Waals surface area contributed by atoms with Gasteiger partial charge in [-0.3, -0.25) is 4.98 Å². The molecule has 0 saturated carbocycles. The van der Waals surface area contributed by atoms with Gasteiger partial charge in [-0.05, 0) is 81.7 Å². The molecule has 144 valence electrons. The number of fused-ring (bicyclic) bond motifs is 1. The average molecular weight is 374 g/mol. The molecule has 2 aromatic heterocycles. The summed E-state index contributed by atoms with van der Waals surface area (Å²) in [5, 5.41) is 4.69. The second-order valence-electron chi connectivity index (χ2n) is 7.80. The summed E-state index contributed by atoms with van der Waals surface area (Å²) in [7, 11) is 2.18. The van der Waals surface area contributed by atoms with E-state index in [0.717, 1.165) is 70.6 Å². The monoisotopic (exact) mass is 373 g/mol. The van der Waals surface area contributed by atoms with Crippen LogP contribution in [-0.4, -0.2) is 46.0 Å². The molecule has 0 radical (unpaired) electrons. The maximum atomic E-state index is 4.55. The normalized spacial score (nSPS) is 15.7. The molecular formula is C23H27N5. The maximum Gasteiger partial charge on any atom is 0.137 e. The van der Waals surface area contributed by atoms with Gasteiger partial charge < -0.3 is 10.2 Å². The molecule has 1 N–H and O–H groups in total. The lowest BCUT2D eigenvalue weighted by molar-refractivity contribution is 0.264. The van der Waals surface area contributed by atoms with Crippen molar-refractivity contribution in [2.75, 3.05) is 25.5 Å². The molecule has 5 heteroatoms. The number of benzene rings is 1. The van der Waals surface area contributed by atoms with Crippen molar-refractivity contribution < 1.29 is 0 Å². The minimum atomic E-state index is 0.448. The van der Waals surface area contributed by atoms with Crippen molar-refractivity contribution >= 4 is 22.3 Å². The molecule has 1 aromatic carbocycles. The number of nitrogens with one attached hydrogen (secondary N) is 1. The first-order valence-electron chi connectivity index (χ1n) is 9.84. The van der Waals surface area contributed by atoms with Gasteiger partial charge in [0, 0.05) is 28.9 Å². The van der Waals surface area contributed by atoms with E-state index in [-0.39, 0.29) is 0 Å². The van der Waals surface area contributed by atoms with Crippen molar-refractivity contribution in [2.24, 2.45) is 0 Å². The molecular weight excluding hydrogens is 346 g/mol. The smallest absolute Gasteiger partial charge is 0.137 e. The predicted molar refractivity (Wildman–Crippen MR) is 116 cm³/mol. The lowest BCUT2D eigenvalue weighted by atomic mass is 9.96. The molecule has 0 spiro atoms. The van der Waals surface area contributed by atoms with Crippen molar-refractivity contribution in [3.8, 4) is 0 Å². The van der Waals surface area contributed by atoms with Gasteiger partial charge in [0.15, 0.2) is 0 Å². The number of aryl methyl sites for hydroxylation is 2. The summed E-state index contributed by atoms with van der Waals surface area (Å²) in [6.45, 7) is 10.7. The molecule has 1 fully saturated rings. The molecule has 1 saturated heterocycles. The number of nitrogens with zero attached hydrogens (tertiary/aromatic N) is 4. The Balaban J connectivity index is 1.68. The fourth-order valence-corrected chi connectivity index (χ4v) is 3.80. The topological polar surface area (TPSA) is 53.9 Å². The second-order valence-corrected chi connectivity index (χ2v) is 7.80. The number of rotatable bonds is 4. The van der Waals surface area contributed by atoms with Crippen LogP contribution in [0.25, 0.3) is 16.5 Å². The number of piperidine rings is 1. The largest absolute Gasteiger partial charge is 0.367 e. The van der Waals surface area contributed by atoms with Crippen molar-refractivity contribution in [3.05, 3.63) is 65.8 Å². The first-order chi connectivity index (χ1) is 13.5. The van der Waals surface area contributed by atoms with E-state index < -0.39 is 0 Å². The molecule has 5 nitrogen and oxygen atoms in total. The van der Waals surface area contributed by atoms with Crippen LogP contribution in [0.15, 0.2) is 43.4 Å². The second kappa shape index (κ2) is 7.68. The maximum absolute atomic E-state index is 4.55. The molecule has 4 rings (SSSR count). The molecule has 3 aromatic rings. The van der Waals surface area contributed by atoms with Gasteiger partial charge in [0.2, 0.25) is 0 Å². The van der Waals surface area contributed by atoms with Crippen molar-refractivity contribution in [3.63, 3.8) is 0 Å². The fraction of sp³-hybridized carbons (Fsp3) is 0.348. The molecule has 28 heavy (non-hydrogen) atoms. The fourth-order valence-electron chi connectivity index (χ4n) is 3.80. The van der Waals surface area contributed by atoms with Crippen LogP contribution in [0.1, 0.15) is 35.2 Å². The molecule has 0 unspecified atom stereocenters. The zero-order chi connectivity index (χ0) is 19.7. The highest BCUT2D eigenvalue weighted by molar-refractivity contribution is 5.93. The Hall–Kier alpha value is -2.79. The summed E-state index contributed by atoms with van der Waals surface area (Å²) >= 11 is 0. The predicted octanol–water partition coefficient (Wildman–Crippen LogP) is 4.21. The van der Waals surface area contributed by atoms with Gasteiger partial charge in [0.25, 0.3) is 0 Å². The Bertz CT molecular complexity index is 1020. The Morgan fingerprint density at radius 3 is 2.68 bits per heavy atom. The van der Waals surface area contributed by atoms with Gasteiger partial charge in [-0.2, -0.15) is 0 Å². The SMILES string of the molecule is C=C(c1ccc2ncnc(NC3CCN(C)CC3)c2c1)c1cc(C)cnc1C. The molecule has 0 atom stereocenters. The molecule has 0 amide bonds. The molecule has 0 aliphatic carbocycles. The minimum Gasteiger partial charge on any atom is -0.367 e. The van der Waals surface area contributed by atoms with Crippen molar-refractivity contribution in [2.45, 2.75) is 32.7 Å². The highest BCUT2D eigenvalue weighted by atomic mass is 15.1. The van der Waals surface area contributed by atoms with Gasteiger partial charge in [-0.25, -0.2) is 9.97 Å². The summed E-state index contributed by atoms with van der Waals surface area (Å²) in [4.78, 5) is 15.9. The van der Waals surface area contributed by atoms with E-state index in [1.165, 1.54) is 0 Å². The average Bonchev–Trinajstić information content (AvgIpc) is 2.71. The minimum absolute atomic E-state index is 0.448. The Labute approximate surface area is 166 Å². The van der Waals surface area contributed by atoms with Crippen LogP contribution in [0.5, 0.6) is 0 Å². The van der Waals surface area contributed by atoms with E-state index in [2.05, 4.69) is 70.0 Å². The van der Waals surface area contributed by atoms with Crippen LogP contribution in [0, 0.1) is 13.8 Å². The summed E-state index contributed by atoms with van der Waals surface area (Å²) in [5.74, 6) is 0.910. The van der Waals surface area contributed by atoms with Gasteiger partial charge >= 0.3 is 0 Å². The first kappa shape index (κ1) is 18.6. The number of likely N-dealkylation sites (tertiary alicyclic amines) is 1. The van der Waals surface area contributed by atoms with Crippen LogP contribution >= 0.6 is 0 Å². The first-order valence-corrected chi connectivity index (χ1v) is 9.84. The zero-order valence-corrected chi connectivity index (χ0v) is 16.9. The standard InChI is InChI=1S/C23H27N5/c1-15-11-20(17(3)24-13-15)16(2)18-5-6-22-21(12-18)23(26-14-25-22)27-19-7-9-28(4)10-8-19/h5-6,11-14,19H,2,7-10H2,1,3-4H3,(H,25,26,27). The Kier molecular flexibility index (Phi) is 5.09. The number of hydrogen-bond donors (Lipinski definition) is 1. The number of pyridine rings is 1. The lowest BCUT2D eigenvalue weighted by Crippen LogP contribution is -2.36. The number of hydrogen-bond acceptors (Lipinski definition) is 5. The van der Waals surface area contributed by atoms with Crippen molar-refractivity contribution in [1.82, 2.24) is 19.9 Å². The van der Waals surface area contributed by atoms with Crippen LogP contribution in [-0.2, 0) is 0 Å². The third-order valence-electron chi connectivity index (χ3n) is 5.59. The summed E-state index contributed by atoms with van der Waals surface area (Å²) < 4.78 is 0. The highest BCUT2D eigenvalue weighted by Gasteiger charge is 2.18. The summed E-state index contributed by atoms with van der Waals surface area (Å²) in [6.07, 6.45) is 5.79. The summed E-state index contributed by atoms with van der Waals surface area (Å²) in [5.41, 5.74) is 6.20. The van der Waals surface area contributed by atoms with Crippen LogP contribution < -0.4 is 5.32 Å². The molecule has 1 aliphatic heterocycles. The van der Waals surface area contributed by atoms with E-state index in [1.807, 2.05) is 13.1 Å². The van der Waals surface area contributed by atoms with E-state index in [1.54, 1.807) is 6.33 Å². The third-order valence-corrected chi connectivity index (χ3v) is 5.59. The van der Waals surface area contributed by atoms with E-state index in [4.69, 9.17) is 0 Å². The summed E-state index contributed by atoms with van der Waals surface area (Å²) in [6, 6.07) is 8.88.